The third-order valence-corrected chi connectivity index (χ3v) is 3.77. The minimum Gasteiger partial charge on any atom is -0.393 e. The lowest BCUT2D eigenvalue weighted by molar-refractivity contribution is 0.0786. The largest absolute Gasteiger partial charge is 0.393 e. The van der Waals surface area contributed by atoms with E-state index in [0.29, 0.717) is 30.4 Å². The number of rotatable bonds is 7. The molecule has 0 radical (unpaired) electrons. The second kappa shape index (κ2) is 7.87. The lowest BCUT2D eigenvalue weighted by Crippen LogP contribution is -2.20. The van der Waals surface area contributed by atoms with Gasteiger partial charge in [0.2, 0.25) is 0 Å². The number of hydrogen-bond acceptors (Lipinski definition) is 3. The van der Waals surface area contributed by atoms with Gasteiger partial charge in [0.05, 0.1) is 12.2 Å². The first-order chi connectivity index (χ1) is 10.6. The van der Waals surface area contributed by atoms with Crippen molar-refractivity contribution in [2.75, 3.05) is 0 Å². The van der Waals surface area contributed by atoms with Gasteiger partial charge in [0.1, 0.15) is 0 Å². The van der Waals surface area contributed by atoms with Gasteiger partial charge in [-0.3, -0.25) is 4.79 Å². The predicted octanol–water partition coefficient (Wildman–Crippen LogP) is 2.98. The van der Waals surface area contributed by atoms with Gasteiger partial charge in [-0.1, -0.05) is 61.5 Å². The van der Waals surface area contributed by atoms with Crippen molar-refractivity contribution in [2.24, 2.45) is 0 Å². The molecule has 116 valence electrons. The molecule has 0 saturated carbocycles. The molecule has 3 heteroatoms. The van der Waals surface area contributed by atoms with Crippen molar-refractivity contribution in [1.29, 1.82) is 0 Å². The number of aliphatic hydroxyl groups excluding tert-OH is 2. The number of benzene rings is 2. The maximum atomic E-state index is 12.6. The van der Waals surface area contributed by atoms with Gasteiger partial charge in [-0.05, 0) is 24.8 Å². The molecule has 0 aromatic heterocycles. The van der Waals surface area contributed by atoms with Gasteiger partial charge in [0.15, 0.2) is 5.78 Å². The number of aliphatic hydroxyl groups is 2. The summed E-state index contributed by atoms with van der Waals surface area (Å²) >= 11 is 0. The third-order valence-electron chi connectivity index (χ3n) is 3.77. The number of carbonyl (C=O) groups is 1. The maximum absolute atomic E-state index is 12.6. The Morgan fingerprint density at radius 3 is 2.27 bits per heavy atom. The molecular weight excluding hydrogens is 276 g/mol. The van der Waals surface area contributed by atoms with Crippen LogP contribution in [0.3, 0.4) is 0 Å². The summed E-state index contributed by atoms with van der Waals surface area (Å²) in [6.07, 6.45) is 0.143. The summed E-state index contributed by atoms with van der Waals surface area (Å²) in [6, 6.07) is 16.5. The van der Waals surface area contributed by atoms with E-state index in [2.05, 4.69) is 0 Å². The molecule has 22 heavy (non-hydrogen) atoms. The van der Waals surface area contributed by atoms with Gasteiger partial charge < -0.3 is 10.2 Å². The van der Waals surface area contributed by atoms with Crippen molar-refractivity contribution in [3.05, 3.63) is 71.3 Å². The quantitative estimate of drug-likeness (QED) is 0.773. The molecule has 0 amide bonds. The third kappa shape index (κ3) is 4.26. The monoisotopic (exact) mass is 298 g/mol. The Balaban J connectivity index is 2.18. The molecule has 0 aliphatic carbocycles. The van der Waals surface area contributed by atoms with Gasteiger partial charge in [-0.2, -0.15) is 0 Å². The summed E-state index contributed by atoms with van der Waals surface area (Å²) in [5, 5.41) is 19.7. The summed E-state index contributed by atoms with van der Waals surface area (Å²) in [5.41, 5.74) is 2.06. The smallest absolute Gasteiger partial charge is 0.193 e. The minimum atomic E-state index is -0.653. The van der Waals surface area contributed by atoms with Gasteiger partial charge in [0.25, 0.3) is 0 Å². The zero-order valence-electron chi connectivity index (χ0n) is 12.8. The standard InChI is InChI=1S/C19H22O3/c1-2-16(20)13-17(21)12-15-10-6-7-11-18(15)19(22)14-8-4-3-5-9-14/h3-11,16-17,20-21H,2,12-13H2,1H3. The summed E-state index contributed by atoms with van der Waals surface area (Å²) in [4.78, 5) is 12.6. The van der Waals surface area contributed by atoms with Crippen LogP contribution in [-0.2, 0) is 6.42 Å². The average Bonchev–Trinajstić information content (AvgIpc) is 2.55. The second-order valence-electron chi connectivity index (χ2n) is 5.51. The molecule has 2 aromatic rings. The van der Waals surface area contributed by atoms with Crippen LogP contribution >= 0.6 is 0 Å². The zero-order valence-corrected chi connectivity index (χ0v) is 12.8. The van der Waals surface area contributed by atoms with Crippen LogP contribution in [-0.4, -0.2) is 28.2 Å². The lowest BCUT2D eigenvalue weighted by atomic mass is 9.93. The highest BCUT2D eigenvalue weighted by atomic mass is 16.3. The molecule has 2 unspecified atom stereocenters. The molecule has 0 aliphatic rings. The van der Waals surface area contributed by atoms with Crippen LogP contribution in [0.1, 0.15) is 41.3 Å². The first kappa shape index (κ1) is 16.4. The molecule has 0 bridgehead atoms. The van der Waals surface area contributed by atoms with Crippen LogP contribution < -0.4 is 0 Å². The molecule has 2 aromatic carbocycles. The fourth-order valence-electron chi connectivity index (χ4n) is 2.48. The Bertz CT molecular complexity index is 607. The van der Waals surface area contributed by atoms with Crippen LogP contribution in [0.25, 0.3) is 0 Å². The molecule has 0 saturated heterocycles. The Labute approximate surface area is 131 Å². The van der Waals surface area contributed by atoms with Gasteiger partial charge in [-0.25, -0.2) is 0 Å². The highest BCUT2D eigenvalue weighted by Gasteiger charge is 2.17. The topological polar surface area (TPSA) is 57.5 Å². The number of carbonyl (C=O) groups excluding carboxylic acids is 1. The Morgan fingerprint density at radius 1 is 0.955 bits per heavy atom. The van der Waals surface area contributed by atoms with Crippen LogP contribution in [0, 0.1) is 0 Å². The summed E-state index contributed by atoms with van der Waals surface area (Å²) < 4.78 is 0. The molecule has 0 fully saturated rings. The predicted molar refractivity (Wildman–Crippen MR) is 86.9 cm³/mol. The van der Waals surface area contributed by atoms with E-state index in [1.54, 1.807) is 18.2 Å². The van der Waals surface area contributed by atoms with Crippen molar-refractivity contribution in [2.45, 2.75) is 38.4 Å². The number of hydrogen-bond donors (Lipinski definition) is 2. The highest BCUT2D eigenvalue weighted by molar-refractivity contribution is 6.09. The molecule has 2 atom stereocenters. The molecular formula is C19H22O3. The van der Waals surface area contributed by atoms with E-state index >= 15 is 0 Å². The van der Waals surface area contributed by atoms with E-state index in [0.717, 1.165) is 5.56 Å². The normalized spacial score (nSPS) is 13.6. The van der Waals surface area contributed by atoms with Crippen LogP contribution in [0.5, 0.6) is 0 Å². The minimum absolute atomic E-state index is 0.0422. The van der Waals surface area contributed by atoms with Crippen LogP contribution in [0.2, 0.25) is 0 Å². The Kier molecular flexibility index (Phi) is 5.87. The van der Waals surface area contributed by atoms with E-state index in [4.69, 9.17) is 0 Å². The zero-order chi connectivity index (χ0) is 15.9. The summed E-state index contributed by atoms with van der Waals surface area (Å²) in [6.45, 7) is 1.88. The molecule has 0 aliphatic heterocycles. The van der Waals surface area contributed by atoms with Crippen LogP contribution in [0.15, 0.2) is 54.6 Å². The molecule has 0 spiro atoms. The van der Waals surface area contributed by atoms with Crippen molar-refractivity contribution in [3.63, 3.8) is 0 Å². The fraction of sp³-hybridized carbons (Fsp3) is 0.316. The Morgan fingerprint density at radius 2 is 1.59 bits per heavy atom. The van der Waals surface area contributed by atoms with Crippen molar-refractivity contribution < 1.29 is 15.0 Å². The van der Waals surface area contributed by atoms with E-state index in [9.17, 15) is 15.0 Å². The maximum Gasteiger partial charge on any atom is 0.193 e. The average molecular weight is 298 g/mol. The Hall–Kier alpha value is -1.97. The molecule has 2 rings (SSSR count). The molecule has 2 N–H and O–H groups in total. The SMILES string of the molecule is CCC(O)CC(O)Cc1ccccc1C(=O)c1ccccc1. The van der Waals surface area contributed by atoms with Crippen molar-refractivity contribution >= 4 is 5.78 Å². The first-order valence-electron chi connectivity index (χ1n) is 7.65. The van der Waals surface area contributed by atoms with Crippen LogP contribution in [0.4, 0.5) is 0 Å². The first-order valence-corrected chi connectivity index (χ1v) is 7.65. The lowest BCUT2D eigenvalue weighted by Gasteiger charge is -2.16. The highest BCUT2D eigenvalue weighted by Crippen LogP contribution is 2.18. The fourth-order valence-corrected chi connectivity index (χ4v) is 2.48. The van der Waals surface area contributed by atoms with Gasteiger partial charge >= 0.3 is 0 Å². The molecule has 3 nitrogen and oxygen atoms in total. The number of ketones is 1. The second-order valence-corrected chi connectivity index (χ2v) is 5.51. The summed E-state index contributed by atoms with van der Waals surface area (Å²) in [7, 11) is 0. The van der Waals surface area contributed by atoms with E-state index in [1.807, 2.05) is 43.3 Å². The van der Waals surface area contributed by atoms with Crippen molar-refractivity contribution in [3.8, 4) is 0 Å². The summed E-state index contributed by atoms with van der Waals surface area (Å²) in [5.74, 6) is -0.0422. The van der Waals surface area contributed by atoms with E-state index < -0.39 is 12.2 Å². The van der Waals surface area contributed by atoms with Gasteiger partial charge in [-0.15, -0.1) is 0 Å². The van der Waals surface area contributed by atoms with E-state index in [-0.39, 0.29) is 5.78 Å². The van der Waals surface area contributed by atoms with Crippen molar-refractivity contribution in [1.82, 2.24) is 0 Å². The van der Waals surface area contributed by atoms with E-state index in [1.165, 1.54) is 0 Å². The molecule has 0 heterocycles. The van der Waals surface area contributed by atoms with Gasteiger partial charge in [0, 0.05) is 11.1 Å².